The zero-order valence-corrected chi connectivity index (χ0v) is 18.4. The molecule has 0 aromatic rings. The van der Waals surface area contributed by atoms with Gasteiger partial charge in [0.15, 0.2) is 0 Å². The SMILES string of the molecule is CCCCCCCCN1C=CN(C)C1C.O=S(=O)(NS(=O)(=O)C(F)(F)F)C(F)(F)F. The number of nitrogens with one attached hydrogen (secondary N) is 1. The highest BCUT2D eigenvalue weighted by Gasteiger charge is 2.55. The van der Waals surface area contributed by atoms with Crippen molar-refractivity contribution in [1.29, 1.82) is 0 Å². The van der Waals surface area contributed by atoms with Gasteiger partial charge in [-0.2, -0.15) is 26.3 Å². The van der Waals surface area contributed by atoms with Crippen LogP contribution in [0, 0.1) is 0 Å². The summed E-state index contributed by atoms with van der Waals surface area (Å²) in [5.41, 5.74) is -12.3. The molecule has 1 heterocycles. The molecule has 1 aliphatic rings. The van der Waals surface area contributed by atoms with Gasteiger partial charge in [-0.05, 0) is 13.3 Å². The lowest BCUT2D eigenvalue weighted by Crippen LogP contribution is -2.45. The van der Waals surface area contributed by atoms with E-state index in [1.807, 2.05) is 0 Å². The van der Waals surface area contributed by atoms with Crippen LogP contribution in [0.4, 0.5) is 26.3 Å². The van der Waals surface area contributed by atoms with Gasteiger partial charge in [0, 0.05) is 26.0 Å². The Kier molecular flexibility index (Phi) is 10.9. The van der Waals surface area contributed by atoms with Crippen molar-refractivity contribution in [1.82, 2.24) is 13.9 Å². The van der Waals surface area contributed by atoms with Gasteiger partial charge in [-0.1, -0.05) is 43.2 Å². The van der Waals surface area contributed by atoms with Gasteiger partial charge in [-0.3, -0.25) is 0 Å². The summed E-state index contributed by atoms with van der Waals surface area (Å²) >= 11 is 0. The van der Waals surface area contributed by atoms with Crippen LogP contribution in [0.25, 0.3) is 0 Å². The number of sulfonamides is 2. The van der Waals surface area contributed by atoms with Gasteiger partial charge in [0.1, 0.15) is 0 Å². The molecule has 15 heteroatoms. The molecule has 30 heavy (non-hydrogen) atoms. The van der Waals surface area contributed by atoms with Crippen molar-refractivity contribution in [3.05, 3.63) is 12.4 Å². The van der Waals surface area contributed by atoms with E-state index in [1.165, 1.54) is 45.1 Å². The second kappa shape index (κ2) is 11.4. The van der Waals surface area contributed by atoms with Crippen LogP contribution >= 0.6 is 0 Å². The summed E-state index contributed by atoms with van der Waals surface area (Å²) in [6, 6.07) is 0. The number of alkyl halides is 6. The van der Waals surface area contributed by atoms with Gasteiger partial charge in [-0.25, -0.2) is 16.8 Å². The second-order valence-corrected chi connectivity index (χ2v) is 10.2. The Morgan fingerprint density at radius 1 is 0.833 bits per heavy atom. The predicted molar refractivity (Wildman–Crippen MR) is 99.5 cm³/mol. The first kappa shape index (κ1) is 28.8. The van der Waals surface area contributed by atoms with E-state index in [-0.39, 0.29) is 0 Å². The fraction of sp³-hybridized carbons (Fsp3) is 0.867. The van der Waals surface area contributed by atoms with Crippen LogP contribution in [0.5, 0.6) is 0 Å². The molecule has 0 fully saturated rings. The van der Waals surface area contributed by atoms with Crippen LogP contribution in [0.2, 0.25) is 0 Å². The maximum Gasteiger partial charge on any atom is 0.512 e. The Balaban J connectivity index is 0.000000561. The number of unbranched alkanes of at least 4 members (excludes halogenated alkanes) is 5. The Hall–Kier alpha value is -1.22. The minimum Gasteiger partial charge on any atom is -0.359 e. The summed E-state index contributed by atoms with van der Waals surface area (Å²) in [6.45, 7) is 5.75. The van der Waals surface area contributed by atoms with E-state index in [2.05, 4.69) is 43.1 Å². The van der Waals surface area contributed by atoms with Gasteiger partial charge in [0.25, 0.3) is 0 Å². The molecule has 0 aliphatic carbocycles. The number of halogens is 6. The molecule has 0 aromatic heterocycles. The summed E-state index contributed by atoms with van der Waals surface area (Å²) in [5, 5.41) is 0. The van der Waals surface area contributed by atoms with E-state index < -0.39 is 35.2 Å². The van der Waals surface area contributed by atoms with Crippen LogP contribution in [-0.4, -0.2) is 57.4 Å². The first-order valence-corrected chi connectivity index (χ1v) is 12.0. The van der Waals surface area contributed by atoms with E-state index in [0.717, 1.165) is 0 Å². The van der Waals surface area contributed by atoms with Crippen LogP contribution in [0.15, 0.2) is 12.4 Å². The summed E-state index contributed by atoms with van der Waals surface area (Å²) in [6.07, 6.45) is 13.3. The quantitative estimate of drug-likeness (QED) is 0.391. The minimum absolute atomic E-state index is 0.493. The lowest BCUT2D eigenvalue weighted by atomic mass is 10.1. The highest BCUT2D eigenvalue weighted by atomic mass is 32.3. The molecule has 0 spiro atoms. The van der Waals surface area contributed by atoms with Crippen molar-refractivity contribution in [2.75, 3.05) is 13.6 Å². The molecule has 0 saturated heterocycles. The maximum absolute atomic E-state index is 11.5. The number of nitrogens with zero attached hydrogens (tertiary/aromatic N) is 2. The van der Waals surface area contributed by atoms with Crippen LogP contribution in [-0.2, 0) is 20.0 Å². The van der Waals surface area contributed by atoms with Crippen molar-refractivity contribution >= 4 is 20.0 Å². The van der Waals surface area contributed by atoms with Crippen LogP contribution < -0.4 is 4.13 Å². The third kappa shape index (κ3) is 9.29. The Morgan fingerprint density at radius 2 is 1.27 bits per heavy atom. The van der Waals surface area contributed by atoms with E-state index >= 15 is 0 Å². The lowest BCUT2D eigenvalue weighted by molar-refractivity contribution is -0.0476. The first-order chi connectivity index (χ1) is 13.5. The first-order valence-electron chi connectivity index (χ1n) is 9.03. The Morgan fingerprint density at radius 3 is 1.63 bits per heavy atom. The summed E-state index contributed by atoms with van der Waals surface area (Å²) < 4.78 is 108. The molecule has 7 nitrogen and oxygen atoms in total. The van der Waals surface area contributed by atoms with E-state index in [9.17, 15) is 43.2 Å². The minimum atomic E-state index is -6.60. The van der Waals surface area contributed by atoms with Crippen molar-refractivity contribution in [3.8, 4) is 0 Å². The van der Waals surface area contributed by atoms with E-state index in [0.29, 0.717) is 6.17 Å². The van der Waals surface area contributed by atoms with Crippen molar-refractivity contribution in [2.24, 2.45) is 0 Å². The molecular weight excluding hydrogens is 464 g/mol. The van der Waals surface area contributed by atoms with Crippen molar-refractivity contribution in [3.63, 3.8) is 0 Å². The van der Waals surface area contributed by atoms with Crippen LogP contribution in [0.1, 0.15) is 52.4 Å². The molecule has 0 amide bonds. The highest BCUT2D eigenvalue weighted by Crippen LogP contribution is 2.27. The molecule has 0 aromatic carbocycles. The molecule has 0 saturated carbocycles. The van der Waals surface area contributed by atoms with E-state index in [4.69, 9.17) is 0 Å². The van der Waals surface area contributed by atoms with Gasteiger partial charge in [-0.15, -0.1) is 0 Å². The molecule has 0 radical (unpaired) electrons. The third-order valence-electron chi connectivity index (χ3n) is 4.16. The van der Waals surface area contributed by atoms with Gasteiger partial charge in [0.05, 0.1) is 6.17 Å². The molecule has 180 valence electrons. The van der Waals surface area contributed by atoms with Crippen molar-refractivity contribution in [2.45, 2.75) is 69.6 Å². The van der Waals surface area contributed by atoms with Gasteiger partial charge < -0.3 is 9.80 Å². The molecule has 1 rings (SSSR count). The fourth-order valence-corrected chi connectivity index (χ4v) is 4.16. The second-order valence-electron chi connectivity index (χ2n) is 6.58. The zero-order chi connectivity index (χ0) is 23.8. The molecular formula is C15H27F6N3O4S2. The summed E-state index contributed by atoms with van der Waals surface area (Å²) in [4.78, 5) is 4.69. The van der Waals surface area contributed by atoms with Gasteiger partial charge >= 0.3 is 31.1 Å². The van der Waals surface area contributed by atoms with E-state index in [1.54, 1.807) is 0 Å². The van der Waals surface area contributed by atoms with Gasteiger partial charge in [0.2, 0.25) is 0 Å². The Bertz CT molecular complexity index is 709. The predicted octanol–water partition coefficient (Wildman–Crippen LogP) is 3.69. The molecule has 1 unspecified atom stereocenters. The topological polar surface area (TPSA) is 86.8 Å². The average Bonchev–Trinajstić information content (AvgIpc) is 2.87. The number of hydrogen-bond donors (Lipinski definition) is 1. The normalized spacial score (nSPS) is 17.8. The lowest BCUT2D eigenvalue weighted by Gasteiger charge is -2.26. The molecule has 1 aliphatic heterocycles. The monoisotopic (exact) mass is 491 g/mol. The summed E-state index contributed by atoms with van der Waals surface area (Å²) in [5.74, 6) is 0. The average molecular weight is 492 g/mol. The highest BCUT2D eigenvalue weighted by molar-refractivity contribution is 8.05. The smallest absolute Gasteiger partial charge is 0.359 e. The third-order valence-corrected chi connectivity index (χ3v) is 7.14. The number of hydrogen-bond acceptors (Lipinski definition) is 6. The molecule has 0 bridgehead atoms. The standard InChI is InChI=1S/C13H26N2.C2HF6NO4S2/c1-4-5-6-7-8-9-10-15-12-11-14(3)13(15)2;3-1(4,5)14(10,11)9-15(12,13)2(6,7)8/h11-13H,4-10H2,1-3H3;9H. The van der Waals surface area contributed by atoms with Crippen LogP contribution in [0.3, 0.4) is 0 Å². The Labute approximate surface area is 173 Å². The maximum atomic E-state index is 11.5. The largest absolute Gasteiger partial charge is 0.512 e. The number of rotatable bonds is 9. The zero-order valence-electron chi connectivity index (χ0n) is 16.8. The summed E-state index contributed by atoms with van der Waals surface area (Å²) in [7, 11) is -11.1. The molecule has 1 atom stereocenters. The fourth-order valence-electron chi connectivity index (χ4n) is 2.25. The molecule has 1 N–H and O–H groups in total. The van der Waals surface area contributed by atoms with Crippen molar-refractivity contribution < 1.29 is 43.2 Å².